The highest BCUT2D eigenvalue weighted by Gasteiger charge is 2.23. The van der Waals surface area contributed by atoms with E-state index in [1.165, 1.54) is 25.2 Å². The lowest BCUT2D eigenvalue weighted by atomic mass is 10.2. The van der Waals surface area contributed by atoms with Crippen LogP contribution in [0.3, 0.4) is 0 Å². The molecular weight excluding hydrogens is 229 g/mol. The van der Waals surface area contributed by atoms with E-state index >= 15 is 0 Å². The molecule has 1 fully saturated rings. The molecule has 0 bridgehead atoms. The van der Waals surface area contributed by atoms with Crippen LogP contribution in [0, 0.1) is 5.82 Å². The van der Waals surface area contributed by atoms with E-state index in [4.69, 9.17) is 11.6 Å². The Kier molecular flexibility index (Phi) is 3.93. The quantitative estimate of drug-likeness (QED) is 0.762. The topological polar surface area (TPSA) is 29.0 Å². The fourth-order valence-corrected chi connectivity index (χ4v) is 2.39. The molecule has 0 saturated heterocycles. The summed E-state index contributed by atoms with van der Waals surface area (Å²) in [5.41, 5.74) is 0. The lowest BCUT2D eigenvalue weighted by Crippen LogP contribution is -2.36. The minimum absolute atomic E-state index is 0.402. The molecule has 16 heavy (non-hydrogen) atoms. The van der Waals surface area contributed by atoms with Crippen LogP contribution >= 0.6 is 11.6 Å². The van der Waals surface area contributed by atoms with Gasteiger partial charge < -0.3 is 4.90 Å². The Balaban J connectivity index is 2.14. The average molecular weight is 244 g/mol. The van der Waals surface area contributed by atoms with Crippen molar-refractivity contribution < 1.29 is 4.39 Å². The van der Waals surface area contributed by atoms with E-state index in [1.807, 2.05) is 0 Å². The van der Waals surface area contributed by atoms with Crippen molar-refractivity contribution >= 4 is 17.5 Å². The van der Waals surface area contributed by atoms with Crippen molar-refractivity contribution in [3.63, 3.8) is 0 Å². The van der Waals surface area contributed by atoms with Gasteiger partial charge in [-0.1, -0.05) is 12.8 Å². The first-order chi connectivity index (χ1) is 7.81. The van der Waals surface area contributed by atoms with Crippen LogP contribution in [0.15, 0.2) is 12.4 Å². The first-order valence-corrected chi connectivity index (χ1v) is 6.15. The second-order valence-corrected chi connectivity index (χ2v) is 4.40. The molecular formula is C11H15ClFN3. The van der Waals surface area contributed by atoms with Gasteiger partial charge in [0.15, 0.2) is 5.82 Å². The van der Waals surface area contributed by atoms with Crippen LogP contribution in [0.2, 0.25) is 0 Å². The molecule has 0 atom stereocenters. The van der Waals surface area contributed by atoms with E-state index < -0.39 is 5.82 Å². The third-order valence-electron chi connectivity index (χ3n) is 2.95. The molecule has 1 aliphatic carbocycles. The van der Waals surface area contributed by atoms with Gasteiger partial charge in [-0.25, -0.2) is 14.4 Å². The number of halogens is 2. The fraction of sp³-hybridized carbons (Fsp3) is 0.636. The van der Waals surface area contributed by atoms with Crippen LogP contribution in [0.4, 0.5) is 10.3 Å². The second-order valence-electron chi connectivity index (χ2n) is 4.02. The van der Waals surface area contributed by atoms with Gasteiger partial charge in [0, 0.05) is 18.5 Å². The molecule has 5 heteroatoms. The van der Waals surface area contributed by atoms with Gasteiger partial charge in [0.25, 0.3) is 0 Å². The van der Waals surface area contributed by atoms with Crippen LogP contribution in [0.1, 0.15) is 25.7 Å². The van der Waals surface area contributed by atoms with Gasteiger partial charge in [0.05, 0.1) is 12.4 Å². The Morgan fingerprint density at radius 3 is 2.50 bits per heavy atom. The van der Waals surface area contributed by atoms with Crippen molar-refractivity contribution in [2.75, 3.05) is 17.3 Å². The van der Waals surface area contributed by atoms with Crippen molar-refractivity contribution in [1.82, 2.24) is 9.97 Å². The molecule has 1 aromatic heterocycles. The van der Waals surface area contributed by atoms with E-state index in [1.54, 1.807) is 0 Å². The highest BCUT2D eigenvalue weighted by atomic mass is 35.5. The molecule has 1 aromatic rings. The van der Waals surface area contributed by atoms with Gasteiger partial charge >= 0.3 is 0 Å². The van der Waals surface area contributed by atoms with Gasteiger partial charge in [-0.15, -0.1) is 11.6 Å². The molecule has 1 heterocycles. The Labute approximate surface area is 99.6 Å². The summed E-state index contributed by atoms with van der Waals surface area (Å²) in [4.78, 5) is 10.1. The Morgan fingerprint density at radius 1 is 1.31 bits per heavy atom. The largest absolute Gasteiger partial charge is 0.337 e. The average Bonchev–Trinajstić information content (AvgIpc) is 2.81. The maximum Gasteiger partial charge on any atom is 0.225 e. The van der Waals surface area contributed by atoms with Crippen molar-refractivity contribution in [2.45, 2.75) is 31.7 Å². The number of alkyl halides is 1. The number of hydrogen-bond donors (Lipinski definition) is 0. The Bertz CT molecular complexity index is 325. The number of rotatable bonds is 4. The van der Waals surface area contributed by atoms with Crippen LogP contribution in [-0.4, -0.2) is 28.4 Å². The van der Waals surface area contributed by atoms with E-state index in [0.717, 1.165) is 19.4 Å². The molecule has 0 unspecified atom stereocenters. The fourth-order valence-electron chi connectivity index (χ4n) is 2.21. The predicted molar refractivity (Wildman–Crippen MR) is 62.3 cm³/mol. The number of hydrogen-bond acceptors (Lipinski definition) is 3. The van der Waals surface area contributed by atoms with E-state index in [9.17, 15) is 4.39 Å². The molecule has 0 spiro atoms. The van der Waals surface area contributed by atoms with Crippen LogP contribution in [0.5, 0.6) is 0 Å². The SMILES string of the molecule is Fc1cnc(N(CCCl)C2CCCC2)nc1. The van der Waals surface area contributed by atoms with Gasteiger partial charge in [0.1, 0.15) is 0 Å². The lowest BCUT2D eigenvalue weighted by molar-refractivity contribution is 0.588. The summed E-state index contributed by atoms with van der Waals surface area (Å²) in [6.45, 7) is 0.720. The van der Waals surface area contributed by atoms with Crippen molar-refractivity contribution in [1.29, 1.82) is 0 Å². The van der Waals surface area contributed by atoms with Gasteiger partial charge in [0.2, 0.25) is 5.95 Å². The molecule has 0 aliphatic heterocycles. The standard InChI is InChI=1S/C11H15ClFN3/c12-5-6-16(10-3-1-2-4-10)11-14-7-9(13)8-15-11/h7-8,10H,1-6H2. The molecule has 0 radical (unpaired) electrons. The summed E-state index contributed by atoms with van der Waals surface area (Å²) >= 11 is 5.78. The molecule has 2 rings (SSSR count). The smallest absolute Gasteiger partial charge is 0.225 e. The van der Waals surface area contributed by atoms with Crippen LogP contribution < -0.4 is 4.90 Å². The normalized spacial score (nSPS) is 16.6. The van der Waals surface area contributed by atoms with E-state index in [2.05, 4.69) is 14.9 Å². The maximum absolute atomic E-state index is 12.7. The van der Waals surface area contributed by atoms with Gasteiger partial charge in [-0.3, -0.25) is 0 Å². The zero-order valence-electron chi connectivity index (χ0n) is 9.07. The molecule has 0 N–H and O–H groups in total. The van der Waals surface area contributed by atoms with Gasteiger partial charge in [-0.05, 0) is 12.8 Å². The summed E-state index contributed by atoms with van der Waals surface area (Å²) in [6, 6.07) is 0.462. The zero-order chi connectivity index (χ0) is 11.4. The molecule has 88 valence electrons. The van der Waals surface area contributed by atoms with Crippen molar-refractivity contribution in [3.05, 3.63) is 18.2 Å². The van der Waals surface area contributed by atoms with E-state index in [0.29, 0.717) is 17.9 Å². The summed E-state index contributed by atoms with van der Waals surface area (Å²) in [5, 5.41) is 0. The molecule has 1 aliphatic rings. The summed E-state index contributed by atoms with van der Waals surface area (Å²) < 4.78 is 12.7. The summed E-state index contributed by atoms with van der Waals surface area (Å²) in [5.74, 6) is 0.729. The molecule has 3 nitrogen and oxygen atoms in total. The van der Waals surface area contributed by atoms with Crippen molar-refractivity contribution in [2.24, 2.45) is 0 Å². The molecule has 0 aromatic carbocycles. The summed E-state index contributed by atoms with van der Waals surface area (Å²) in [7, 11) is 0. The number of nitrogens with zero attached hydrogens (tertiary/aromatic N) is 3. The molecule has 0 amide bonds. The molecule has 1 saturated carbocycles. The monoisotopic (exact) mass is 243 g/mol. The number of aromatic nitrogens is 2. The van der Waals surface area contributed by atoms with Crippen LogP contribution in [0.25, 0.3) is 0 Å². The first kappa shape index (κ1) is 11.6. The van der Waals surface area contributed by atoms with Gasteiger partial charge in [-0.2, -0.15) is 0 Å². The van der Waals surface area contributed by atoms with Crippen LogP contribution in [-0.2, 0) is 0 Å². The zero-order valence-corrected chi connectivity index (χ0v) is 9.83. The minimum atomic E-state index is -0.402. The Morgan fingerprint density at radius 2 is 1.94 bits per heavy atom. The highest BCUT2D eigenvalue weighted by Crippen LogP contribution is 2.25. The number of anilines is 1. The second kappa shape index (κ2) is 5.43. The minimum Gasteiger partial charge on any atom is -0.337 e. The first-order valence-electron chi connectivity index (χ1n) is 5.61. The maximum atomic E-state index is 12.7. The van der Waals surface area contributed by atoms with Crippen molar-refractivity contribution in [3.8, 4) is 0 Å². The summed E-state index contributed by atoms with van der Waals surface area (Å²) in [6.07, 6.45) is 7.20. The predicted octanol–water partition coefficient (Wildman–Crippen LogP) is 2.60. The lowest BCUT2D eigenvalue weighted by Gasteiger charge is -2.27. The third-order valence-corrected chi connectivity index (χ3v) is 3.12. The Hall–Kier alpha value is -0.900. The van der Waals surface area contributed by atoms with E-state index in [-0.39, 0.29) is 0 Å². The third kappa shape index (κ3) is 2.61. The highest BCUT2D eigenvalue weighted by molar-refractivity contribution is 6.18.